The van der Waals surface area contributed by atoms with Crippen LogP contribution in [-0.4, -0.2) is 39.8 Å². The zero-order valence-electron chi connectivity index (χ0n) is 16.1. The van der Waals surface area contributed by atoms with E-state index in [1.54, 1.807) is 12.1 Å². The summed E-state index contributed by atoms with van der Waals surface area (Å²) in [5.41, 5.74) is -3.93. The van der Waals surface area contributed by atoms with Crippen molar-refractivity contribution in [3.63, 3.8) is 0 Å². The van der Waals surface area contributed by atoms with Crippen LogP contribution in [-0.2, 0) is 10.2 Å². The predicted molar refractivity (Wildman–Crippen MR) is 109 cm³/mol. The first kappa shape index (κ1) is 22.2. The van der Waals surface area contributed by atoms with Gasteiger partial charge < -0.3 is 15.5 Å². The van der Waals surface area contributed by atoms with Gasteiger partial charge >= 0.3 is 6.18 Å². The average molecular weight is 486 g/mol. The standard InChI is InChI=1S/C20H19BrF3N3O3/c1-18(2,13-7-6-11(21)8-16(13)28)10-19(30,20(22,23)24)17(29)26-14-4-3-5-15-12(14)9-25-27-15/h3-4,6-9,28,30H,5,10H2,1-2H3,(H,26,29). The molecule has 1 heterocycles. The highest BCUT2D eigenvalue weighted by atomic mass is 79.9. The van der Waals surface area contributed by atoms with E-state index >= 15 is 0 Å². The summed E-state index contributed by atoms with van der Waals surface area (Å²) in [6.07, 6.45) is -1.41. The Balaban J connectivity index is 1.94. The molecule has 1 unspecified atom stereocenters. The lowest BCUT2D eigenvalue weighted by Crippen LogP contribution is -2.59. The maximum atomic E-state index is 13.9. The molecule has 10 heteroatoms. The van der Waals surface area contributed by atoms with Gasteiger partial charge in [-0.2, -0.15) is 23.4 Å². The van der Waals surface area contributed by atoms with Gasteiger partial charge in [-0.3, -0.25) is 4.79 Å². The van der Waals surface area contributed by atoms with Gasteiger partial charge in [0.25, 0.3) is 5.91 Å². The van der Waals surface area contributed by atoms with Crippen LogP contribution in [0.15, 0.2) is 56.3 Å². The van der Waals surface area contributed by atoms with Crippen LogP contribution in [0.5, 0.6) is 5.75 Å². The molecule has 1 aromatic carbocycles. The Bertz CT molecular complexity index is 1010. The fourth-order valence-electron chi connectivity index (χ4n) is 3.49. The molecule has 3 rings (SSSR count). The lowest BCUT2D eigenvalue weighted by atomic mass is 9.74. The molecule has 0 aromatic heterocycles. The number of nitrogens with zero attached hydrogens (tertiary/aromatic N) is 2. The van der Waals surface area contributed by atoms with Crippen LogP contribution in [0.2, 0.25) is 0 Å². The molecule has 1 aliphatic heterocycles. The summed E-state index contributed by atoms with van der Waals surface area (Å²) in [5.74, 6) is -1.86. The molecule has 0 bridgehead atoms. The number of phenolic OH excluding ortho intramolecular Hbond substituents is 1. The Labute approximate surface area is 179 Å². The fraction of sp³-hybridized carbons (Fsp3) is 0.350. The smallest absolute Gasteiger partial charge is 0.426 e. The van der Waals surface area contributed by atoms with Gasteiger partial charge in [0.1, 0.15) is 5.75 Å². The van der Waals surface area contributed by atoms with Crippen molar-refractivity contribution in [2.45, 2.75) is 43.9 Å². The van der Waals surface area contributed by atoms with Crippen molar-refractivity contribution >= 4 is 33.8 Å². The Hall–Kier alpha value is -2.46. The van der Waals surface area contributed by atoms with Crippen molar-refractivity contribution < 1.29 is 28.2 Å². The number of hydrogen-bond acceptors (Lipinski definition) is 5. The number of alkyl halides is 3. The molecule has 0 radical (unpaired) electrons. The van der Waals surface area contributed by atoms with Crippen LogP contribution in [0.4, 0.5) is 13.2 Å². The Morgan fingerprint density at radius 3 is 2.63 bits per heavy atom. The van der Waals surface area contributed by atoms with Crippen LogP contribution < -0.4 is 5.32 Å². The first-order chi connectivity index (χ1) is 13.8. The number of fused-ring (bicyclic) bond motifs is 1. The number of nitrogens with one attached hydrogen (secondary N) is 1. The van der Waals surface area contributed by atoms with Crippen molar-refractivity contribution in [2.24, 2.45) is 10.2 Å². The van der Waals surface area contributed by atoms with Crippen molar-refractivity contribution in [1.82, 2.24) is 5.32 Å². The van der Waals surface area contributed by atoms with Gasteiger partial charge in [0.15, 0.2) is 0 Å². The second kappa shape index (κ2) is 7.66. The van der Waals surface area contributed by atoms with Gasteiger partial charge in [-0.15, -0.1) is 0 Å². The van der Waals surface area contributed by atoms with Crippen LogP contribution >= 0.6 is 15.9 Å². The molecule has 30 heavy (non-hydrogen) atoms. The van der Waals surface area contributed by atoms with Gasteiger partial charge in [0, 0.05) is 22.9 Å². The number of benzene rings is 1. The Morgan fingerprint density at radius 1 is 1.30 bits per heavy atom. The first-order valence-corrected chi connectivity index (χ1v) is 9.75. The molecule has 1 amide bonds. The van der Waals surface area contributed by atoms with Crippen LogP contribution in [0, 0.1) is 0 Å². The third-order valence-electron chi connectivity index (χ3n) is 5.04. The summed E-state index contributed by atoms with van der Waals surface area (Å²) in [5, 5.41) is 30.5. The third-order valence-corrected chi connectivity index (χ3v) is 5.53. The lowest BCUT2D eigenvalue weighted by molar-refractivity contribution is -0.257. The number of rotatable bonds is 5. The Kier molecular flexibility index (Phi) is 5.68. The first-order valence-electron chi connectivity index (χ1n) is 8.96. The molecule has 0 saturated heterocycles. The maximum Gasteiger partial charge on any atom is 0.426 e. The number of carbonyl (C=O) groups excluding carboxylic acids is 1. The minimum absolute atomic E-state index is 0.0817. The molecule has 0 fully saturated rings. The zero-order chi connectivity index (χ0) is 22.3. The van der Waals surface area contributed by atoms with E-state index < -0.39 is 29.5 Å². The van der Waals surface area contributed by atoms with Crippen molar-refractivity contribution in [2.75, 3.05) is 0 Å². The number of allylic oxidation sites excluding steroid dienone is 3. The largest absolute Gasteiger partial charge is 0.508 e. The van der Waals surface area contributed by atoms with Gasteiger partial charge in [-0.25, -0.2) is 0 Å². The molecular weight excluding hydrogens is 467 g/mol. The van der Waals surface area contributed by atoms with Gasteiger partial charge in [-0.05, 0) is 29.2 Å². The lowest BCUT2D eigenvalue weighted by Gasteiger charge is -2.37. The molecule has 1 atom stereocenters. The number of aliphatic hydroxyl groups is 1. The summed E-state index contributed by atoms with van der Waals surface area (Å²) in [6, 6.07) is 4.34. The summed E-state index contributed by atoms with van der Waals surface area (Å²) in [6.45, 7) is 2.83. The Morgan fingerprint density at radius 2 is 2.00 bits per heavy atom. The SMILES string of the molecule is CC(C)(CC(O)(C(=O)NC1=C2C=NN=C2CC=C1)C(F)(F)F)c1ccc(Br)cc1O. The van der Waals surface area contributed by atoms with E-state index in [0.29, 0.717) is 22.2 Å². The molecule has 6 nitrogen and oxygen atoms in total. The molecule has 160 valence electrons. The van der Waals surface area contributed by atoms with E-state index in [1.165, 1.54) is 38.3 Å². The summed E-state index contributed by atoms with van der Waals surface area (Å²) >= 11 is 3.17. The molecule has 0 saturated carbocycles. The summed E-state index contributed by atoms with van der Waals surface area (Å²) < 4.78 is 42.3. The molecule has 1 aliphatic carbocycles. The van der Waals surface area contributed by atoms with E-state index in [4.69, 9.17) is 0 Å². The normalized spacial score (nSPS) is 18.2. The molecule has 3 N–H and O–H groups in total. The van der Waals surface area contributed by atoms with Crippen molar-refractivity contribution in [3.05, 3.63) is 51.7 Å². The zero-order valence-corrected chi connectivity index (χ0v) is 17.7. The molecule has 2 aliphatic rings. The quantitative estimate of drug-likeness (QED) is 0.590. The predicted octanol–water partition coefficient (Wildman–Crippen LogP) is 3.89. The summed E-state index contributed by atoms with van der Waals surface area (Å²) in [4.78, 5) is 12.7. The van der Waals surface area contributed by atoms with Crippen LogP contribution in [0.1, 0.15) is 32.3 Å². The van der Waals surface area contributed by atoms with Crippen molar-refractivity contribution in [3.8, 4) is 5.75 Å². The van der Waals surface area contributed by atoms with E-state index in [-0.39, 0.29) is 17.0 Å². The number of amides is 1. The van der Waals surface area contributed by atoms with E-state index in [9.17, 15) is 28.2 Å². The highest BCUT2D eigenvalue weighted by molar-refractivity contribution is 9.10. The molecular formula is C20H19BrF3N3O3. The number of hydrogen-bond donors (Lipinski definition) is 3. The van der Waals surface area contributed by atoms with Gasteiger partial charge in [0.2, 0.25) is 5.60 Å². The minimum Gasteiger partial charge on any atom is -0.508 e. The second-order valence-electron chi connectivity index (χ2n) is 7.76. The van der Waals surface area contributed by atoms with Crippen LogP contribution in [0.3, 0.4) is 0 Å². The number of aromatic hydroxyl groups is 1. The van der Waals surface area contributed by atoms with Gasteiger partial charge in [-0.1, -0.05) is 41.9 Å². The number of halogens is 4. The average Bonchev–Trinajstić information content (AvgIpc) is 3.09. The maximum absolute atomic E-state index is 13.9. The van der Waals surface area contributed by atoms with E-state index in [0.717, 1.165) is 0 Å². The van der Waals surface area contributed by atoms with Crippen molar-refractivity contribution in [1.29, 1.82) is 0 Å². The molecule has 1 aromatic rings. The number of phenols is 1. The molecule has 0 spiro atoms. The van der Waals surface area contributed by atoms with E-state index in [2.05, 4.69) is 31.4 Å². The minimum atomic E-state index is -5.26. The number of carbonyl (C=O) groups is 1. The topological polar surface area (TPSA) is 94.3 Å². The summed E-state index contributed by atoms with van der Waals surface area (Å²) in [7, 11) is 0. The van der Waals surface area contributed by atoms with Crippen LogP contribution in [0.25, 0.3) is 0 Å². The van der Waals surface area contributed by atoms with E-state index in [1.807, 2.05) is 0 Å². The monoisotopic (exact) mass is 485 g/mol. The highest BCUT2D eigenvalue weighted by Gasteiger charge is 2.61. The fourth-order valence-corrected chi connectivity index (χ4v) is 3.84. The van der Waals surface area contributed by atoms with Gasteiger partial charge in [0.05, 0.1) is 17.6 Å². The third kappa shape index (κ3) is 4.06. The highest BCUT2D eigenvalue weighted by Crippen LogP contribution is 2.44. The second-order valence-corrected chi connectivity index (χ2v) is 8.68.